The molecular weight excluding hydrogens is 136 g/mol. The van der Waals surface area contributed by atoms with E-state index in [1.165, 1.54) is 0 Å². The van der Waals surface area contributed by atoms with Gasteiger partial charge in [-0.25, -0.2) is 0 Å². The van der Waals surface area contributed by atoms with Crippen LogP contribution in [0.1, 0.15) is 13.8 Å². The molecule has 0 aromatic carbocycles. The average Bonchev–Trinajstić information content (AvgIpc) is 1.86. The maximum Gasteiger partial charge on any atom is 0.0911 e. The van der Waals surface area contributed by atoms with E-state index in [2.05, 4.69) is 0 Å². The first-order chi connectivity index (χ1) is 4.04. The molecule has 0 aliphatic carbocycles. The van der Waals surface area contributed by atoms with E-state index in [1.54, 1.807) is 11.8 Å². The van der Waals surface area contributed by atoms with Gasteiger partial charge in [0.15, 0.2) is 0 Å². The van der Waals surface area contributed by atoms with Crippen molar-refractivity contribution < 1.29 is 10.2 Å². The molecule has 0 aromatic heterocycles. The highest BCUT2D eigenvalue weighted by molar-refractivity contribution is 8.00. The highest BCUT2D eigenvalue weighted by atomic mass is 32.2. The van der Waals surface area contributed by atoms with Crippen molar-refractivity contribution in [3.63, 3.8) is 0 Å². The van der Waals surface area contributed by atoms with Crippen LogP contribution in [0.15, 0.2) is 0 Å². The van der Waals surface area contributed by atoms with E-state index < -0.39 is 6.10 Å². The Labute approximate surface area is 60.3 Å². The van der Waals surface area contributed by atoms with Crippen LogP contribution >= 0.6 is 11.8 Å². The standard InChI is InChI=1S/C6H14O2S/c1-6(2,9-3)5(8)4-7/h5,7-8H,4H2,1-3H3. The van der Waals surface area contributed by atoms with Gasteiger partial charge in [0, 0.05) is 4.75 Å². The molecule has 0 rings (SSSR count). The predicted molar refractivity (Wildman–Crippen MR) is 40.7 cm³/mol. The number of aliphatic hydroxyl groups is 2. The molecule has 0 saturated heterocycles. The van der Waals surface area contributed by atoms with E-state index in [0.29, 0.717) is 0 Å². The third kappa shape index (κ3) is 2.56. The first-order valence-electron chi connectivity index (χ1n) is 2.88. The molecule has 0 spiro atoms. The molecule has 3 heteroatoms. The zero-order valence-electron chi connectivity index (χ0n) is 6.09. The summed E-state index contributed by atoms with van der Waals surface area (Å²) >= 11 is 1.55. The van der Waals surface area contributed by atoms with Crippen molar-refractivity contribution in [2.45, 2.75) is 24.7 Å². The third-order valence-corrected chi connectivity index (χ3v) is 2.83. The normalized spacial score (nSPS) is 15.7. The Morgan fingerprint density at radius 1 is 1.56 bits per heavy atom. The van der Waals surface area contributed by atoms with Crippen molar-refractivity contribution in [1.82, 2.24) is 0 Å². The zero-order valence-corrected chi connectivity index (χ0v) is 6.90. The highest BCUT2D eigenvalue weighted by Crippen LogP contribution is 2.24. The van der Waals surface area contributed by atoms with Crippen molar-refractivity contribution in [2.24, 2.45) is 0 Å². The molecule has 2 nitrogen and oxygen atoms in total. The smallest absolute Gasteiger partial charge is 0.0911 e. The van der Waals surface area contributed by atoms with Gasteiger partial charge in [-0.2, -0.15) is 11.8 Å². The first-order valence-corrected chi connectivity index (χ1v) is 4.11. The summed E-state index contributed by atoms with van der Waals surface area (Å²) in [5, 5.41) is 17.7. The van der Waals surface area contributed by atoms with Crippen LogP contribution in [0, 0.1) is 0 Å². The van der Waals surface area contributed by atoms with Gasteiger partial charge in [0.25, 0.3) is 0 Å². The maximum absolute atomic E-state index is 9.11. The fourth-order valence-electron chi connectivity index (χ4n) is 0.356. The number of rotatable bonds is 3. The third-order valence-electron chi connectivity index (χ3n) is 1.50. The summed E-state index contributed by atoms with van der Waals surface area (Å²) in [5.41, 5.74) is 0. The molecule has 1 atom stereocenters. The van der Waals surface area contributed by atoms with Gasteiger partial charge in [0.1, 0.15) is 0 Å². The second kappa shape index (κ2) is 3.44. The zero-order chi connectivity index (χ0) is 7.49. The summed E-state index contributed by atoms with van der Waals surface area (Å²) in [4.78, 5) is 0. The first kappa shape index (κ1) is 9.27. The van der Waals surface area contributed by atoms with Crippen LogP contribution in [0.4, 0.5) is 0 Å². The van der Waals surface area contributed by atoms with E-state index in [-0.39, 0.29) is 11.4 Å². The van der Waals surface area contributed by atoms with Crippen molar-refractivity contribution in [3.8, 4) is 0 Å². The van der Waals surface area contributed by atoms with E-state index in [9.17, 15) is 0 Å². The van der Waals surface area contributed by atoms with Crippen LogP contribution in [0.5, 0.6) is 0 Å². The molecule has 9 heavy (non-hydrogen) atoms. The van der Waals surface area contributed by atoms with Gasteiger partial charge in [0.05, 0.1) is 12.7 Å². The minimum absolute atomic E-state index is 0.159. The van der Waals surface area contributed by atoms with Gasteiger partial charge >= 0.3 is 0 Å². The minimum Gasteiger partial charge on any atom is -0.394 e. The van der Waals surface area contributed by atoms with E-state index in [0.717, 1.165) is 0 Å². The van der Waals surface area contributed by atoms with Gasteiger partial charge in [0.2, 0.25) is 0 Å². The lowest BCUT2D eigenvalue weighted by Crippen LogP contribution is -2.35. The molecule has 0 saturated carbocycles. The molecule has 0 aromatic rings. The van der Waals surface area contributed by atoms with Crippen LogP contribution in [-0.2, 0) is 0 Å². The van der Waals surface area contributed by atoms with E-state index in [1.807, 2.05) is 20.1 Å². The SMILES string of the molecule is CSC(C)(C)C(O)CO. The number of hydrogen-bond donors (Lipinski definition) is 2. The van der Waals surface area contributed by atoms with Crippen molar-refractivity contribution in [3.05, 3.63) is 0 Å². The maximum atomic E-state index is 9.11. The summed E-state index contributed by atoms with van der Waals surface area (Å²) in [6.07, 6.45) is 1.30. The van der Waals surface area contributed by atoms with Crippen molar-refractivity contribution in [1.29, 1.82) is 0 Å². The second-order valence-corrected chi connectivity index (χ2v) is 3.97. The van der Waals surface area contributed by atoms with E-state index in [4.69, 9.17) is 10.2 Å². The van der Waals surface area contributed by atoms with Crippen molar-refractivity contribution >= 4 is 11.8 Å². The monoisotopic (exact) mass is 150 g/mol. The Bertz CT molecular complexity index is 83.1. The lowest BCUT2D eigenvalue weighted by Gasteiger charge is -2.26. The molecule has 0 aliphatic heterocycles. The molecular formula is C6H14O2S. The van der Waals surface area contributed by atoms with Gasteiger partial charge < -0.3 is 10.2 Å². The number of aliphatic hydroxyl groups excluding tert-OH is 2. The van der Waals surface area contributed by atoms with Gasteiger partial charge in [-0.1, -0.05) is 0 Å². The van der Waals surface area contributed by atoms with Crippen LogP contribution in [0.25, 0.3) is 0 Å². The Kier molecular flexibility index (Phi) is 3.54. The number of hydrogen-bond acceptors (Lipinski definition) is 3. The van der Waals surface area contributed by atoms with Crippen LogP contribution in [-0.4, -0.2) is 33.9 Å². The number of thioether (sulfide) groups is 1. The molecule has 0 heterocycles. The summed E-state index contributed by atoms with van der Waals surface area (Å²) < 4.78 is -0.227. The molecule has 0 fully saturated rings. The van der Waals surface area contributed by atoms with Crippen LogP contribution in [0.2, 0.25) is 0 Å². The summed E-state index contributed by atoms with van der Waals surface area (Å²) in [6, 6.07) is 0. The molecule has 0 radical (unpaired) electrons. The minimum atomic E-state index is -0.618. The second-order valence-electron chi connectivity index (χ2n) is 2.51. The van der Waals surface area contributed by atoms with Crippen molar-refractivity contribution in [2.75, 3.05) is 12.9 Å². The Hall–Kier alpha value is 0.270. The Balaban J connectivity index is 3.80. The fraction of sp³-hybridized carbons (Fsp3) is 1.00. The fourth-order valence-corrected chi connectivity index (χ4v) is 0.702. The molecule has 0 aliphatic rings. The molecule has 1 unspecified atom stereocenters. The quantitative estimate of drug-likeness (QED) is 0.615. The van der Waals surface area contributed by atoms with Crippen LogP contribution in [0.3, 0.4) is 0 Å². The largest absolute Gasteiger partial charge is 0.394 e. The molecule has 0 bridgehead atoms. The summed E-state index contributed by atoms with van der Waals surface area (Å²) in [5.74, 6) is 0. The Morgan fingerprint density at radius 2 is 2.00 bits per heavy atom. The summed E-state index contributed by atoms with van der Waals surface area (Å²) in [7, 11) is 0. The summed E-state index contributed by atoms with van der Waals surface area (Å²) in [6.45, 7) is 3.64. The molecule has 2 N–H and O–H groups in total. The lowest BCUT2D eigenvalue weighted by atomic mass is 10.1. The Morgan fingerprint density at radius 3 is 2.11 bits per heavy atom. The molecule has 0 amide bonds. The van der Waals surface area contributed by atoms with Crippen LogP contribution < -0.4 is 0 Å². The predicted octanol–water partition coefficient (Wildman–Crippen LogP) is 0.481. The van der Waals surface area contributed by atoms with Gasteiger partial charge in [-0.05, 0) is 20.1 Å². The lowest BCUT2D eigenvalue weighted by molar-refractivity contribution is 0.0724. The van der Waals surface area contributed by atoms with Gasteiger partial charge in [-0.15, -0.1) is 0 Å². The van der Waals surface area contributed by atoms with E-state index >= 15 is 0 Å². The topological polar surface area (TPSA) is 40.5 Å². The molecule has 56 valence electrons. The van der Waals surface area contributed by atoms with Gasteiger partial charge in [-0.3, -0.25) is 0 Å². The highest BCUT2D eigenvalue weighted by Gasteiger charge is 2.25. The average molecular weight is 150 g/mol.